The number of esters is 1. The third kappa shape index (κ3) is 5.91. The average molecular weight is 493 g/mol. The molecule has 0 radical (unpaired) electrons. The Labute approximate surface area is 205 Å². The first-order chi connectivity index (χ1) is 15.9. The van der Waals surface area contributed by atoms with Gasteiger partial charge in [0.25, 0.3) is 0 Å². The summed E-state index contributed by atoms with van der Waals surface area (Å²) < 4.78 is 16.5. The van der Waals surface area contributed by atoms with Crippen LogP contribution in [0.5, 0.6) is 0 Å². The molecule has 10 heteroatoms. The van der Waals surface area contributed by atoms with E-state index in [9.17, 15) is 9.59 Å². The molecule has 34 heavy (non-hydrogen) atoms. The van der Waals surface area contributed by atoms with Crippen molar-refractivity contribution in [3.8, 4) is 11.8 Å². The Morgan fingerprint density at radius 3 is 2.56 bits per heavy atom. The van der Waals surface area contributed by atoms with Gasteiger partial charge in [-0.05, 0) is 59.1 Å². The fourth-order valence-electron chi connectivity index (χ4n) is 4.23. The van der Waals surface area contributed by atoms with Crippen molar-refractivity contribution in [1.29, 1.82) is 0 Å². The van der Waals surface area contributed by atoms with Crippen LogP contribution < -0.4 is 5.32 Å². The topological polar surface area (TPSA) is 103 Å². The zero-order valence-electron chi connectivity index (χ0n) is 20.7. The number of halogens is 1. The van der Waals surface area contributed by atoms with Crippen molar-refractivity contribution in [2.45, 2.75) is 89.6 Å². The van der Waals surface area contributed by atoms with Gasteiger partial charge in [-0.15, -0.1) is 0 Å². The number of methoxy groups -OCH3 is 1. The summed E-state index contributed by atoms with van der Waals surface area (Å²) >= 11 is 6.07. The smallest absolute Gasteiger partial charge is 0.413 e. The second-order valence-electron chi connectivity index (χ2n) is 10.1. The number of amides is 1. The predicted molar refractivity (Wildman–Crippen MR) is 127 cm³/mol. The fourth-order valence-corrected chi connectivity index (χ4v) is 4.37. The van der Waals surface area contributed by atoms with Crippen molar-refractivity contribution < 1.29 is 23.8 Å². The summed E-state index contributed by atoms with van der Waals surface area (Å²) in [6, 6.07) is -0.544. The van der Waals surface area contributed by atoms with Gasteiger partial charge in [0.15, 0.2) is 0 Å². The largest absolute Gasteiger partial charge is 0.467 e. The predicted octanol–water partition coefficient (Wildman–Crippen LogP) is 4.14. The standard InChI is InChI=1S/C24H33ClN4O5/c1-22(2,3)34-21(31)29-17(15-33-23(29,4)5)11-10-16-14-26-20(25)27-18(16)28-24(19(30)32-6)12-8-7-9-13-24/h14,17H,7-9,12-13,15H2,1-6H3,(H,26,27,28)/t17-/m1/s1. The van der Waals surface area contributed by atoms with Crippen LogP contribution in [0.3, 0.4) is 0 Å². The third-order valence-electron chi connectivity index (χ3n) is 5.85. The maximum absolute atomic E-state index is 12.9. The lowest BCUT2D eigenvalue weighted by atomic mass is 9.81. The summed E-state index contributed by atoms with van der Waals surface area (Å²) in [5.74, 6) is 6.15. The number of rotatable bonds is 3. The minimum absolute atomic E-state index is 0.0320. The van der Waals surface area contributed by atoms with Crippen LogP contribution in [0.4, 0.5) is 10.6 Å². The normalized spacial score (nSPS) is 21.3. The number of carbonyl (C=O) groups excluding carboxylic acids is 2. The molecule has 1 saturated heterocycles. The summed E-state index contributed by atoms with van der Waals surface area (Å²) in [5.41, 5.74) is -1.98. The molecule has 186 valence electrons. The number of nitrogens with one attached hydrogen (secondary N) is 1. The summed E-state index contributed by atoms with van der Waals surface area (Å²) in [7, 11) is 1.38. The quantitative estimate of drug-likeness (QED) is 0.381. The lowest BCUT2D eigenvalue weighted by Gasteiger charge is -2.35. The molecule has 2 fully saturated rings. The molecule has 9 nitrogen and oxygen atoms in total. The Bertz CT molecular complexity index is 989. The highest BCUT2D eigenvalue weighted by Gasteiger charge is 2.45. The Kier molecular flexibility index (Phi) is 7.63. The number of ether oxygens (including phenoxy) is 3. The monoisotopic (exact) mass is 492 g/mol. The van der Waals surface area contributed by atoms with Crippen LogP contribution in [0.1, 0.15) is 72.3 Å². The number of hydrogen-bond acceptors (Lipinski definition) is 8. The van der Waals surface area contributed by atoms with Gasteiger partial charge in [-0.25, -0.2) is 14.6 Å². The molecule has 1 atom stereocenters. The van der Waals surface area contributed by atoms with Crippen LogP contribution in [0.25, 0.3) is 0 Å². The number of carbonyl (C=O) groups is 2. The molecule has 1 aromatic rings. The highest BCUT2D eigenvalue weighted by Crippen LogP contribution is 2.34. The number of anilines is 1. The SMILES string of the molecule is COC(=O)C1(Nc2nc(Cl)ncc2C#C[C@@H]2COC(C)(C)N2C(=O)OC(C)(C)C)CCCCC1. The number of nitrogens with zero attached hydrogens (tertiary/aromatic N) is 3. The minimum Gasteiger partial charge on any atom is -0.467 e. The zero-order valence-corrected chi connectivity index (χ0v) is 21.4. The number of hydrogen-bond donors (Lipinski definition) is 1. The van der Waals surface area contributed by atoms with Crippen LogP contribution in [0.15, 0.2) is 6.20 Å². The van der Waals surface area contributed by atoms with Gasteiger partial charge in [0.1, 0.15) is 28.7 Å². The Hall–Kier alpha value is -2.57. The first-order valence-electron chi connectivity index (χ1n) is 11.4. The lowest BCUT2D eigenvalue weighted by Crippen LogP contribution is -2.49. The van der Waals surface area contributed by atoms with Gasteiger partial charge in [0, 0.05) is 6.20 Å². The summed E-state index contributed by atoms with van der Waals surface area (Å²) in [4.78, 5) is 35.4. The van der Waals surface area contributed by atoms with Crippen molar-refractivity contribution in [2.75, 3.05) is 19.0 Å². The molecule has 1 amide bonds. The summed E-state index contributed by atoms with van der Waals surface area (Å²) in [6.07, 6.45) is 5.05. The number of aromatic nitrogens is 2. The molecule has 0 unspecified atom stereocenters. The van der Waals surface area contributed by atoms with Gasteiger partial charge in [0.05, 0.1) is 19.3 Å². The maximum atomic E-state index is 12.9. The van der Waals surface area contributed by atoms with E-state index in [0.29, 0.717) is 24.2 Å². The van der Waals surface area contributed by atoms with Gasteiger partial charge >= 0.3 is 12.1 Å². The molecule has 3 rings (SSSR count). The van der Waals surface area contributed by atoms with E-state index in [1.54, 1.807) is 34.6 Å². The van der Waals surface area contributed by atoms with Gasteiger partial charge in [-0.2, -0.15) is 4.98 Å². The molecule has 0 spiro atoms. The Morgan fingerprint density at radius 2 is 1.94 bits per heavy atom. The second kappa shape index (κ2) is 9.96. The molecule has 1 aliphatic heterocycles. The molecule has 2 heterocycles. The van der Waals surface area contributed by atoms with Crippen molar-refractivity contribution in [3.05, 3.63) is 17.0 Å². The molecule has 2 aliphatic rings. The first-order valence-corrected chi connectivity index (χ1v) is 11.8. The highest BCUT2D eigenvalue weighted by molar-refractivity contribution is 6.28. The van der Waals surface area contributed by atoms with Gasteiger partial charge in [0.2, 0.25) is 5.28 Å². The molecular formula is C24H33ClN4O5. The van der Waals surface area contributed by atoms with Crippen molar-refractivity contribution >= 4 is 29.5 Å². The van der Waals surface area contributed by atoms with Crippen molar-refractivity contribution in [3.63, 3.8) is 0 Å². The van der Waals surface area contributed by atoms with E-state index in [2.05, 4.69) is 27.1 Å². The maximum Gasteiger partial charge on any atom is 0.413 e. The summed E-state index contributed by atoms with van der Waals surface area (Å²) in [5, 5.41) is 3.29. The van der Waals surface area contributed by atoms with E-state index >= 15 is 0 Å². The van der Waals surface area contributed by atoms with E-state index in [1.165, 1.54) is 18.2 Å². The van der Waals surface area contributed by atoms with Gasteiger partial charge in [-0.1, -0.05) is 31.1 Å². The van der Waals surface area contributed by atoms with Crippen LogP contribution >= 0.6 is 11.6 Å². The molecule has 1 aromatic heterocycles. The van der Waals surface area contributed by atoms with E-state index in [1.807, 2.05) is 0 Å². The van der Waals surface area contributed by atoms with E-state index in [4.69, 9.17) is 25.8 Å². The average Bonchev–Trinajstić information content (AvgIpc) is 3.06. The lowest BCUT2D eigenvalue weighted by molar-refractivity contribution is -0.147. The van der Waals surface area contributed by atoms with Gasteiger partial charge in [-0.3, -0.25) is 4.90 Å². The van der Waals surface area contributed by atoms with Crippen molar-refractivity contribution in [2.24, 2.45) is 0 Å². The second-order valence-corrected chi connectivity index (χ2v) is 10.4. The molecular weight excluding hydrogens is 460 g/mol. The molecule has 1 N–H and O–H groups in total. The Morgan fingerprint density at radius 1 is 1.26 bits per heavy atom. The van der Waals surface area contributed by atoms with Crippen LogP contribution in [-0.2, 0) is 19.0 Å². The minimum atomic E-state index is -0.901. The first kappa shape index (κ1) is 26.0. The van der Waals surface area contributed by atoms with Crippen LogP contribution in [-0.4, -0.2) is 63.6 Å². The van der Waals surface area contributed by atoms with E-state index in [-0.39, 0.29) is 17.9 Å². The third-order valence-corrected chi connectivity index (χ3v) is 6.03. The van der Waals surface area contributed by atoms with E-state index in [0.717, 1.165) is 19.3 Å². The Balaban J connectivity index is 1.92. The van der Waals surface area contributed by atoms with Crippen LogP contribution in [0, 0.1) is 11.8 Å². The van der Waals surface area contributed by atoms with E-state index < -0.39 is 29.0 Å². The molecule has 1 aliphatic carbocycles. The molecule has 0 aromatic carbocycles. The zero-order chi connectivity index (χ0) is 25.1. The molecule has 0 bridgehead atoms. The summed E-state index contributed by atoms with van der Waals surface area (Å²) in [6.45, 7) is 9.23. The fraction of sp³-hybridized carbons (Fsp3) is 0.667. The van der Waals surface area contributed by atoms with Crippen molar-refractivity contribution in [1.82, 2.24) is 14.9 Å². The highest BCUT2D eigenvalue weighted by atomic mass is 35.5. The van der Waals surface area contributed by atoms with Gasteiger partial charge < -0.3 is 19.5 Å². The molecule has 1 saturated carbocycles. The van der Waals surface area contributed by atoms with Crippen LogP contribution in [0.2, 0.25) is 5.28 Å².